The zero-order valence-electron chi connectivity index (χ0n) is 14.9. The molecule has 1 atom stereocenters. The number of benzene rings is 2. The van der Waals surface area contributed by atoms with Gasteiger partial charge in [0, 0.05) is 39.2 Å². The number of carbonyl (C=O) groups is 1. The fraction of sp³-hybridized carbons (Fsp3) is 0.286. The minimum absolute atomic E-state index is 0.0442. The third-order valence-electron chi connectivity index (χ3n) is 4.61. The number of carbonyl (C=O) groups excluding carboxylic acids is 1. The summed E-state index contributed by atoms with van der Waals surface area (Å²) in [7, 11) is -1.21. The van der Waals surface area contributed by atoms with Crippen molar-refractivity contribution in [3.63, 3.8) is 0 Å². The molecule has 0 aliphatic carbocycles. The maximum atomic E-state index is 12.5. The van der Waals surface area contributed by atoms with Gasteiger partial charge in [0.1, 0.15) is 5.75 Å². The van der Waals surface area contributed by atoms with E-state index in [2.05, 4.69) is 30.3 Å². The van der Waals surface area contributed by atoms with Crippen LogP contribution in [0.4, 0.5) is 0 Å². The summed E-state index contributed by atoms with van der Waals surface area (Å²) in [6, 6.07) is 18.7. The third-order valence-corrected chi connectivity index (χ3v) is 7.00. The van der Waals surface area contributed by atoms with Gasteiger partial charge >= 0.3 is 0 Å². The van der Waals surface area contributed by atoms with Crippen LogP contribution in [0.3, 0.4) is 0 Å². The van der Waals surface area contributed by atoms with Crippen LogP contribution in [0.15, 0.2) is 54.6 Å². The quantitative estimate of drug-likeness (QED) is 0.658. The number of hydrogen-bond donors (Lipinski definition) is 0. The summed E-state index contributed by atoms with van der Waals surface area (Å²) in [5.41, 5.74) is 2.13. The molecule has 1 fully saturated rings. The van der Waals surface area contributed by atoms with Gasteiger partial charge in [-0.3, -0.25) is 9.00 Å². The highest BCUT2D eigenvalue weighted by Crippen LogP contribution is 2.33. The fourth-order valence-corrected chi connectivity index (χ4v) is 5.39. The van der Waals surface area contributed by atoms with Gasteiger partial charge in [0.25, 0.3) is 0 Å². The van der Waals surface area contributed by atoms with Crippen LogP contribution in [0.2, 0.25) is 0 Å². The molecule has 6 heteroatoms. The largest absolute Gasteiger partial charge is 0.378 e. The average Bonchev–Trinajstić information content (AvgIpc) is 3.13. The summed E-state index contributed by atoms with van der Waals surface area (Å²) in [5.74, 6) is 0.430. The molecule has 0 spiro atoms. The van der Waals surface area contributed by atoms with Crippen LogP contribution in [0.1, 0.15) is 5.56 Å². The van der Waals surface area contributed by atoms with Crippen LogP contribution in [0.25, 0.3) is 20.5 Å². The first-order chi connectivity index (χ1) is 13.2. The number of amides is 1. The molecule has 3 aromatic rings. The second-order valence-electron chi connectivity index (χ2n) is 6.57. The van der Waals surface area contributed by atoms with Crippen LogP contribution < -0.4 is 0 Å². The Bertz CT molecular complexity index is 943. The molecule has 0 N–H and O–H groups in total. The van der Waals surface area contributed by atoms with Crippen molar-refractivity contribution in [2.75, 3.05) is 32.1 Å². The standard InChI is InChI=1S/C21H21NO3S2/c23-21(22-8-10-25-11-9-22)15-27(24)14-16-4-3-6-17(12-16)20-13-18-5-1-2-7-19(18)26-20/h1-7,12-13H,8-11,14-15H2. The number of thiophene rings is 1. The molecule has 0 radical (unpaired) electrons. The predicted molar refractivity (Wildman–Crippen MR) is 111 cm³/mol. The van der Waals surface area contributed by atoms with Crippen molar-refractivity contribution in [3.05, 3.63) is 60.2 Å². The van der Waals surface area contributed by atoms with E-state index in [1.807, 2.05) is 24.3 Å². The molecule has 0 saturated carbocycles. The number of hydrogen-bond acceptors (Lipinski definition) is 4. The van der Waals surface area contributed by atoms with Crippen LogP contribution in [0.5, 0.6) is 0 Å². The van der Waals surface area contributed by atoms with E-state index in [-0.39, 0.29) is 11.7 Å². The molecule has 1 aliphatic rings. The molecule has 140 valence electrons. The molecule has 1 unspecified atom stereocenters. The molecule has 0 bridgehead atoms. The van der Waals surface area contributed by atoms with Crippen LogP contribution >= 0.6 is 11.3 Å². The van der Waals surface area contributed by atoms with Crippen molar-refractivity contribution in [3.8, 4) is 10.4 Å². The highest BCUT2D eigenvalue weighted by molar-refractivity contribution is 7.84. The number of morpholine rings is 1. The van der Waals surface area contributed by atoms with Crippen molar-refractivity contribution in [1.29, 1.82) is 0 Å². The highest BCUT2D eigenvalue weighted by atomic mass is 32.2. The van der Waals surface area contributed by atoms with Crippen molar-refractivity contribution in [2.24, 2.45) is 0 Å². The number of fused-ring (bicyclic) bond motifs is 1. The lowest BCUT2D eigenvalue weighted by Crippen LogP contribution is -2.42. The van der Waals surface area contributed by atoms with E-state index >= 15 is 0 Å². The minimum atomic E-state index is -1.21. The molecule has 27 heavy (non-hydrogen) atoms. The number of nitrogens with zero attached hydrogens (tertiary/aromatic N) is 1. The Kier molecular flexibility index (Phi) is 5.66. The van der Waals surface area contributed by atoms with E-state index in [1.54, 1.807) is 16.2 Å². The zero-order valence-corrected chi connectivity index (χ0v) is 16.6. The van der Waals surface area contributed by atoms with Crippen molar-refractivity contribution >= 4 is 38.1 Å². The summed E-state index contributed by atoms with van der Waals surface area (Å²) < 4.78 is 19.0. The van der Waals surface area contributed by atoms with Gasteiger partial charge in [-0.25, -0.2) is 0 Å². The van der Waals surface area contributed by atoms with Gasteiger partial charge < -0.3 is 9.64 Å². The minimum Gasteiger partial charge on any atom is -0.378 e. The first-order valence-corrected chi connectivity index (χ1v) is 11.3. The molecule has 2 aromatic carbocycles. The molecule has 1 aromatic heterocycles. The Hall–Kier alpha value is -2.02. The van der Waals surface area contributed by atoms with Gasteiger partial charge in [-0.05, 0) is 34.7 Å². The topological polar surface area (TPSA) is 46.6 Å². The lowest BCUT2D eigenvalue weighted by atomic mass is 10.1. The summed E-state index contributed by atoms with van der Waals surface area (Å²) >= 11 is 1.76. The van der Waals surface area contributed by atoms with E-state index in [4.69, 9.17) is 4.74 Å². The van der Waals surface area contributed by atoms with Gasteiger partial charge in [-0.1, -0.05) is 36.4 Å². The Balaban J connectivity index is 1.44. The SMILES string of the molecule is O=C(CS(=O)Cc1cccc(-c2cc3ccccc3s2)c1)N1CCOCC1. The molecule has 4 rings (SSSR count). The first-order valence-electron chi connectivity index (χ1n) is 8.97. The average molecular weight is 400 g/mol. The normalized spacial score (nSPS) is 15.8. The highest BCUT2D eigenvalue weighted by Gasteiger charge is 2.19. The number of rotatable bonds is 5. The lowest BCUT2D eigenvalue weighted by Gasteiger charge is -2.26. The van der Waals surface area contributed by atoms with E-state index in [9.17, 15) is 9.00 Å². The van der Waals surface area contributed by atoms with Gasteiger partial charge in [-0.2, -0.15) is 0 Å². The van der Waals surface area contributed by atoms with E-state index in [0.29, 0.717) is 32.1 Å². The van der Waals surface area contributed by atoms with E-state index in [0.717, 1.165) is 11.1 Å². The molecule has 1 aliphatic heterocycles. The Labute approximate surface area is 165 Å². The Morgan fingerprint density at radius 2 is 1.89 bits per heavy atom. The van der Waals surface area contributed by atoms with Gasteiger partial charge in [0.2, 0.25) is 5.91 Å². The molecule has 2 heterocycles. The molecule has 4 nitrogen and oxygen atoms in total. The van der Waals surface area contributed by atoms with E-state index < -0.39 is 10.8 Å². The second-order valence-corrected chi connectivity index (χ2v) is 9.11. The molecule has 1 amide bonds. The second kappa shape index (κ2) is 8.33. The number of ether oxygens (including phenoxy) is 1. The van der Waals surface area contributed by atoms with Crippen molar-refractivity contribution in [2.45, 2.75) is 5.75 Å². The monoisotopic (exact) mass is 399 g/mol. The van der Waals surface area contributed by atoms with Gasteiger partial charge in [0.15, 0.2) is 0 Å². The van der Waals surface area contributed by atoms with Gasteiger partial charge in [-0.15, -0.1) is 11.3 Å². The molecule has 1 saturated heterocycles. The van der Waals surface area contributed by atoms with Crippen molar-refractivity contribution < 1.29 is 13.7 Å². The van der Waals surface area contributed by atoms with Gasteiger partial charge in [0.05, 0.1) is 13.2 Å². The predicted octanol–water partition coefficient (Wildman–Crippen LogP) is 3.68. The summed E-state index contributed by atoms with van der Waals surface area (Å²) in [4.78, 5) is 15.2. The first kappa shape index (κ1) is 18.3. The zero-order chi connectivity index (χ0) is 18.6. The van der Waals surface area contributed by atoms with Crippen molar-refractivity contribution in [1.82, 2.24) is 4.90 Å². The lowest BCUT2D eigenvalue weighted by molar-refractivity contribution is -0.132. The smallest absolute Gasteiger partial charge is 0.235 e. The molecular weight excluding hydrogens is 378 g/mol. The Morgan fingerprint density at radius 3 is 2.70 bits per heavy atom. The molecular formula is C21H21NO3S2. The van der Waals surface area contributed by atoms with E-state index in [1.165, 1.54) is 15.0 Å². The third kappa shape index (κ3) is 4.46. The van der Waals surface area contributed by atoms with Crippen LogP contribution in [-0.2, 0) is 26.1 Å². The van der Waals surface area contributed by atoms with Crippen LogP contribution in [0, 0.1) is 0 Å². The maximum Gasteiger partial charge on any atom is 0.235 e. The summed E-state index contributed by atoms with van der Waals surface area (Å²) in [6.07, 6.45) is 0. The fourth-order valence-electron chi connectivity index (χ4n) is 3.22. The Morgan fingerprint density at radius 1 is 1.07 bits per heavy atom. The maximum absolute atomic E-state index is 12.5. The summed E-state index contributed by atoms with van der Waals surface area (Å²) in [6.45, 7) is 2.32. The van der Waals surface area contributed by atoms with Crippen LogP contribution in [-0.4, -0.2) is 47.1 Å². The summed E-state index contributed by atoms with van der Waals surface area (Å²) in [5, 5.41) is 1.24.